The van der Waals surface area contributed by atoms with Gasteiger partial charge in [0.15, 0.2) is 11.2 Å². The molecule has 1 aromatic carbocycles. The Morgan fingerprint density at radius 2 is 2.00 bits per heavy atom. The van der Waals surface area contributed by atoms with E-state index in [1.807, 2.05) is 34.6 Å². The standard InChI is InChI=1S/C17H18N8OS/c1-17(6-27-7-17)5-25-14-11(13(18)22-15(19)23-14)12(24-25)8-2-3-10-9(4-8)21-16(20)26-10/h2-4H,5-7H2,1H3,(H2,20,21)(H4,18,19,22,23). The molecule has 4 heterocycles. The SMILES string of the molecule is CC1(Cn2nc(-c3ccc4oc(N)nc4c3)c3c(N)nc(N)nc32)CSC1. The molecule has 9 nitrogen and oxygen atoms in total. The van der Waals surface area contributed by atoms with Crippen molar-refractivity contribution in [3.05, 3.63) is 18.2 Å². The predicted molar refractivity (Wildman–Crippen MR) is 107 cm³/mol. The largest absolute Gasteiger partial charge is 0.424 e. The Bertz CT molecular complexity index is 1190. The number of fused-ring (bicyclic) bond motifs is 2. The number of anilines is 3. The van der Waals surface area contributed by atoms with E-state index in [1.54, 1.807) is 0 Å². The zero-order valence-corrected chi connectivity index (χ0v) is 15.5. The predicted octanol–water partition coefficient (Wildman–Crippen LogP) is 2.13. The molecule has 0 bridgehead atoms. The quantitative estimate of drug-likeness (QED) is 0.484. The Morgan fingerprint density at radius 3 is 2.74 bits per heavy atom. The lowest BCUT2D eigenvalue weighted by Gasteiger charge is -2.37. The van der Waals surface area contributed by atoms with Gasteiger partial charge in [0, 0.05) is 22.5 Å². The van der Waals surface area contributed by atoms with Gasteiger partial charge in [0.2, 0.25) is 5.95 Å². The van der Waals surface area contributed by atoms with Crippen LogP contribution in [0.25, 0.3) is 33.4 Å². The molecular weight excluding hydrogens is 364 g/mol. The minimum atomic E-state index is 0.128. The summed E-state index contributed by atoms with van der Waals surface area (Å²) in [6.45, 7) is 2.99. The fourth-order valence-corrected chi connectivity index (χ4v) is 4.51. The van der Waals surface area contributed by atoms with E-state index in [9.17, 15) is 0 Å². The van der Waals surface area contributed by atoms with Crippen molar-refractivity contribution < 1.29 is 4.42 Å². The van der Waals surface area contributed by atoms with Gasteiger partial charge in [-0.25, -0.2) is 4.68 Å². The van der Waals surface area contributed by atoms with E-state index >= 15 is 0 Å². The summed E-state index contributed by atoms with van der Waals surface area (Å²) < 4.78 is 7.24. The minimum Gasteiger partial charge on any atom is -0.424 e. The number of hydrogen-bond acceptors (Lipinski definition) is 9. The van der Waals surface area contributed by atoms with Gasteiger partial charge in [-0.2, -0.15) is 31.8 Å². The average Bonchev–Trinajstić information content (AvgIpc) is 3.12. The molecule has 1 fully saturated rings. The third-order valence-corrected chi connectivity index (χ3v) is 6.55. The van der Waals surface area contributed by atoms with Gasteiger partial charge < -0.3 is 21.6 Å². The molecule has 0 radical (unpaired) electrons. The van der Waals surface area contributed by atoms with Gasteiger partial charge >= 0.3 is 0 Å². The van der Waals surface area contributed by atoms with Crippen molar-refractivity contribution >= 4 is 51.7 Å². The van der Waals surface area contributed by atoms with Crippen molar-refractivity contribution in [2.24, 2.45) is 5.41 Å². The fraction of sp³-hybridized carbons (Fsp3) is 0.294. The van der Waals surface area contributed by atoms with Crippen LogP contribution in [0.1, 0.15) is 6.92 Å². The number of aromatic nitrogens is 5. The average molecular weight is 382 g/mol. The summed E-state index contributed by atoms with van der Waals surface area (Å²) in [4.78, 5) is 12.7. The van der Waals surface area contributed by atoms with E-state index in [0.29, 0.717) is 33.6 Å². The van der Waals surface area contributed by atoms with Gasteiger partial charge in [-0.15, -0.1) is 0 Å². The summed E-state index contributed by atoms with van der Waals surface area (Å²) in [5.41, 5.74) is 21.3. The molecule has 1 aliphatic rings. The number of thioether (sulfide) groups is 1. The van der Waals surface area contributed by atoms with E-state index < -0.39 is 0 Å². The molecule has 0 atom stereocenters. The first-order valence-electron chi connectivity index (χ1n) is 8.46. The van der Waals surface area contributed by atoms with Gasteiger partial charge in [-0.1, -0.05) is 6.92 Å². The van der Waals surface area contributed by atoms with E-state index in [4.69, 9.17) is 26.7 Å². The summed E-state index contributed by atoms with van der Waals surface area (Å²) in [5.74, 6) is 2.63. The molecule has 0 aliphatic carbocycles. The molecule has 0 saturated carbocycles. The van der Waals surface area contributed by atoms with Crippen LogP contribution < -0.4 is 17.2 Å². The van der Waals surface area contributed by atoms with Crippen molar-refractivity contribution in [3.8, 4) is 11.3 Å². The Labute approximate surface area is 158 Å². The summed E-state index contributed by atoms with van der Waals surface area (Å²) in [7, 11) is 0. The molecule has 5 rings (SSSR count). The number of nitrogens with zero attached hydrogens (tertiary/aromatic N) is 5. The third-order valence-electron chi connectivity index (χ3n) is 4.75. The third kappa shape index (κ3) is 2.55. The van der Waals surface area contributed by atoms with Crippen LogP contribution in [-0.2, 0) is 6.54 Å². The van der Waals surface area contributed by atoms with Crippen molar-refractivity contribution in [3.63, 3.8) is 0 Å². The second kappa shape index (κ2) is 5.49. The molecular formula is C17H18N8OS. The maximum absolute atomic E-state index is 6.19. The van der Waals surface area contributed by atoms with Crippen molar-refractivity contribution in [2.75, 3.05) is 28.7 Å². The lowest BCUT2D eigenvalue weighted by molar-refractivity contribution is 0.326. The molecule has 1 saturated heterocycles. The first kappa shape index (κ1) is 16.2. The molecule has 1 aliphatic heterocycles. The number of nitrogens with two attached hydrogens (primary N) is 3. The van der Waals surface area contributed by atoms with Gasteiger partial charge in [0.1, 0.15) is 17.0 Å². The van der Waals surface area contributed by atoms with Gasteiger partial charge in [0.25, 0.3) is 6.01 Å². The van der Waals surface area contributed by atoms with Crippen molar-refractivity contribution in [2.45, 2.75) is 13.5 Å². The monoisotopic (exact) mass is 382 g/mol. The van der Waals surface area contributed by atoms with Gasteiger partial charge in [-0.05, 0) is 18.2 Å². The minimum absolute atomic E-state index is 0.128. The number of benzene rings is 1. The highest BCUT2D eigenvalue weighted by atomic mass is 32.2. The second-order valence-electron chi connectivity index (χ2n) is 7.21. The number of oxazole rings is 1. The molecule has 10 heteroatoms. The van der Waals surface area contributed by atoms with Crippen LogP contribution in [-0.4, -0.2) is 36.2 Å². The van der Waals surface area contributed by atoms with E-state index in [0.717, 1.165) is 23.6 Å². The van der Waals surface area contributed by atoms with E-state index in [1.165, 1.54) is 0 Å². The molecule has 27 heavy (non-hydrogen) atoms. The maximum atomic E-state index is 6.19. The molecule has 0 amide bonds. The second-order valence-corrected chi connectivity index (χ2v) is 8.20. The zero-order valence-electron chi connectivity index (χ0n) is 14.6. The Morgan fingerprint density at radius 1 is 1.19 bits per heavy atom. The lowest BCUT2D eigenvalue weighted by atomic mass is 9.95. The smallest absolute Gasteiger partial charge is 0.292 e. The van der Waals surface area contributed by atoms with Gasteiger partial charge in [0.05, 0.1) is 11.9 Å². The maximum Gasteiger partial charge on any atom is 0.292 e. The highest BCUT2D eigenvalue weighted by Gasteiger charge is 2.34. The van der Waals surface area contributed by atoms with Gasteiger partial charge in [-0.3, -0.25) is 0 Å². The zero-order chi connectivity index (χ0) is 18.8. The number of nitrogen functional groups attached to an aromatic ring is 3. The van der Waals surface area contributed by atoms with Crippen LogP contribution in [0, 0.1) is 5.41 Å². The van der Waals surface area contributed by atoms with Crippen LogP contribution in [0.3, 0.4) is 0 Å². The van der Waals surface area contributed by atoms with Crippen LogP contribution in [0.15, 0.2) is 22.6 Å². The molecule has 138 valence electrons. The van der Waals surface area contributed by atoms with Crippen molar-refractivity contribution in [1.82, 2.24) is 24.7 Å². The fourth-order valence-electron chi connectivity index (χ4n) is 3.42. The summed E-state index contributed by atoms with van der Waals surface area (Å²) in [5, 5.41) is 5.51. The summed E-state index contributed by atoms with van der Waals surface area (Å²) in [6.07, 6.45) is 0. The molecule has 6 N–H and O–H groups in total. The van der Waals surface area contributed by atoms with Crippen molar-refractivity contribution in [1.29, 1.82) is 0 Å². The normalized spacial score (nSPS) is 16.0. The molecule has 4 aromatic rings. The highest BCUT2D eigenvalue weighted by molar-refractivity contribution is 8.00. The lowest BCUT2D eigenvalue weighted by Crippen LogP contribution is -2.37. The summed E-state index contributed by atoms with van der Waals surface area (Å²) >= 11 is 1.93. The summed E-state index contributed by atoms with van der Waals surface area (Å²) in [6, 6.07) is 5.72. The topological polar surface area (TPSA) is 148 Å². The number of rotatable bonds is 3. The van der Waals surface area contributed by atoms with Crippen LogP contribution in [0.5, 0.6) is 0 Å². The Kier molecular flexibility index (Phi) is 3.29. The number of hydrogen-bond donors (Lipinski definition) is 3. The molecule has 0 spiro atoms. The van der Waals surface area contributed by atoms with E-state index in [-0.39, 0.29) is 17.4 Å². The van der Waals surface area contributed by atoms with Crippen LogP contribution in [0.2, 0.25) is 0 Å². The first-order chi connectivity index (χ1) is 12.9. The van der Waals surface area contributed by atoms with E-state index in [2.05, 4.69) is 21.9 Å². The Hall–Kier alpha value is -3.01. The molecule has 0 unspecified atom stereocenters. The van der Waals surface area contributed by atoms with Crippen LogP contribution >= 0.6 is 11.8 Å². The molecule has 3 aromatic heterocycles. The Balaban J connectivity index is 1.72. The van der Waals surface area contributed by atoms with Crippen LogP contribution in [0.4, 0.5) is 17.8 Å². The highest BCUT2D eigenvalue weighted by Crippen LogP contribution is 2.40. The first-order valence-corrected chi connectivity index (χ1v) is 9.61.